The van der Waals surface area contributed by atoms with Gasteiger partial charge in [-0.05, 0) is 19.1 Å². The number of aromatic nitrogens is 1. The molecule has 6 heteroatoms. The fourth-order valence-corrected chi connectivity index (χ4v) is 2.33. The minimum Gasteiger partial charge on any atom is -0.466 e. The van der Waals surface area contributed by atoms with Gasteiger partial charge in [0, 0.05) is 38.8 Å². The summed E-state index contributed by atoms with van der Waals surface area (Å²) in [6.07, 6.45) is 2.15. The first-order chi connectivity index (χ1) is 10.2. The maximum absolute atomic E-state index is 12.0. The van der Waals surface area contributed by atoms with E-state index in [-0.39, 0.29) is 24.7 Å². The number of nitrogens with zero attached hydrogens (tertiary/aromatic N) is 3. The van der Waals surface area contributed by atoms with Crippen LogP contribution in [0.4, 0.5) is 5.82 Å². The molecule has 2 rings (SSSR count). The topological polar surface area (TPSA) is 62.7 Å². The number of hydrogen-bond donors (Lipinski definition) is 0. The second-order valence-corrected chi connectivity index (χ2v) is 4.86. The lowest BCUT2D eigenvalue weighted by Gasteiger charge is -2.35. The van der Waals surface area contributed by atoms with Gasteiger partial charge in [0.05, 0.1) is 13.0 Å². The van der Waals surface area contributed by atoms with Crippen LogP contribution in [0, 0.1) is 0 Å². The molecule has 2 heterocycles. The van der Waals surface area contributed by atoms with Gasteiger partial charge in [-0.25, -0.2) is 4.98 Å². The van der Waals surface area contributed by atoms with E-state index in [1.54, 1.807) is 18.0 Å². The second kappa shape index (κ2) is 7.61. The molecular formula is C15H21N3O3. The zero-order valence-corrected chi connectivity index (χ0v) is 12.3. The van der Waals surface area contributed by atoms with Crippen molar-refractivity contribution in [3.05, 3.63) is 24.4 Å². The van der Waals surface area contributed by atoms with Crippen LogP contribution in [-0.4, -0.2) is 54.5 Å². The van der Waals surface area contributed by atoms with Crippen LogP contribution in [0.5, 0.6) is 0 Å². The van der Waals surface area contributed by atoms with Crippen LogP contribution < -0.4 is 4.90 Å². The van der Waals surface area contributed by atoms with Crippen LogP contribution in [0.3, 0.4) is 0 Å². The van der Waals surface area contributed by atoms with E-state index in [1.165, 1.54) is 0 Å². The van der Waals surface area contributed by atoms with E-state index in [1.807, 2.05) is 18.2 Å². The summed E-state index contributed by atoms with van der Waals surface area (Å²) in [5, 5.41) is 0. The number of carbonyl (C=O) groups excluding carboxylic acids is 2. The molecule has 1 amide bonds. The van der Waals surface area contributed by atoms with Crippen molar-refractivity contribution in [2.75, 3.05) is 37.7 Å². The maximum atomic E-state index is 12.0. The highest BCUT2D eigenvalue weighted by Gasteiger charge is 2.22. The predicted molar refractivity (Wildman–Crippen MR) is 78.9 cm³/mol. The third kappa shape index (κ3) is 4.44. The highest BCUT2D eigenvalue weighted by atomic mass is 16.5. The van der Waals surface area contributed by atoms with Gasteiger partial charge in [-0.3, -0.25) is 9.59 Å². The number of piperazine rings is 1. The van der Waals surface area contributed by atoms with Gasteiger partial charge in [0.15, 0.2) is 0 Å². The van der Waals surface area contributed by atoms with Crippen molar-refractivity contribution in [2.45, 2.75) is 19.8 Å². The monoisotopic (exact) mass is 291 g/mol. The lowest BCUT2D eigenvalue weighted by Crippen LogP contribution is -2.49. The van der Waals surface area contributed by atoms with E-state index >= 15 is 0 Å². The van der Waals surface area contributed by atoms with E-state index in [0.717, 1.165) is 18.9 Å². The molecule has 1 saturated heterocycles. The molecule has 0 atom stereocenters. The number of amides is 1. The van der Waals surface area contributed by atoms with Crippen molar-refractivity contribution < 1.29 is 14.3 Å². The van der Waals surface area contributed by atoms with Gasteiger partial charge in [0.25, 0.3) is 0 Å². The van der Waals surface area contributed by atoms with Gasteiger partial charge >= 0.3 is 5.97 Å². The zero-order chi connectivity index (χ0) is 15.1. The molecule has 0 bridgehead atoms. The Bertz CT molecular complexity index is 470. The summed E-state index contributed by atoms with van der Waals surface area (Å²) >= 11 is 0. The van der Waals surface area contributed by atoms with E-state index < -0.39 is 0 Å². The molecule has 1 fully saturated rings. The molecular weight excluding hydrogens is 270 g/mol. The van der Waals surface area contributed by atoms with Crippen LogP contribution in [0.15, 0.2) is 24.4 Å². The van der Waals surface area contributed by atoms with Crippen LogP contribution >= 0.6 is 0 Å². The molecule has 0 spiro atoms. The molecule has 0 N–H and O–H groups in total. The Hall–Kier alpha value is -2.11. The Morgan fingerprint density at radius 1 is 1.19 bits per heavy atom. The van der Waals surface area contributed by atoms with E-state index in [4.69, 9.17) is 4.74 Å². The molecule has 6 nitrogen and oxygen atoms in total. The first-order valence-electron chi connectivity index (χ1n) is 7.30. The van der Waals surface area contributed by atoms with E-state index in [9.17, 15) is 9.59 Å². The highest BCUT2D eigenvalue weighted by molar-refractivity contribution is 5.81. The molecule has 1 aliphatic rings. The fraction of sp³-hybridized carbons (Fsp3) is 0.533. The maximum Gasteiger partial charge on any atom is 0.306 e. The highest BCUT2D eigenvalue weighted by Crippen LogP contribution is 2.13. The normalized spacial score (nSPS) is 14.9. The Labute approximate surface area is 124 Å². The number of esters is 1. The van der Waals surface area contributed by atoms with Gasteiger partial charge < -0.3 is 14.5 Å². The fourth-order valence-electron chi connectivity index (χ4n) is 2.33. The van der Waals surface area contributed by atoms with Gasteiger partial charge in [-0.15, -0.1) is 0 Å². The second-order valence-electron chi connectivity index (χ2n) is 4.86. The van der Waals surface area contributed by atoms with Crippen LogP contribution in [-0.2, 0) is 14.3 Å². The summed E-state index contributed by atoms with van der Waals surface area (Å²) in [6.45, 7) is 4.98. The van der Waals surface area contributed by atoms with Crippen molar-refractivity contribution in [2.24, 2.45) is 0 Å². The molecule has 1 aromatic heterocycles. The smallest absolute Gasteiger partial charge is 0.306 e. The summed E-state index contributed by atoms with van der Waals surface area (Å²) < 4.78 is 4.83. The number of hydrogen-bond acceptors (Lipinski definition) is 5. The van der Waals surface area contributed by atoms with Crippen LogP contribution in [0.25, 0.3) is 0 Å². The van der Waals surface area contributed by atoms with Gasteiger partial charge in [0.1, 0.15) is 5.82 Å². The Morgan fingerprint density at radius 3 is 2.57 bits per heavy atom. The minimum absolute atomic E-state index is 0.0173. The SMILES string of the molecule is CCOC(=O)CCC(=O)N1CCN(c2ccccn2)CC1. The van der Waals surface area contributed by atoms with Crippen molar-refractivity contribution >= 4 is 17.7 Å². The average molecular weight is 291 g/mol. The standard InChI is InChI=1S/C15H21N3O3/c1-2-21-15(20)7-6-14(19)18-11-9-17(10-12-18)13-5-3-4-8-16-13/h3-5,8H,2,6-7,9-12H2,1H3. The average Bonchev–Trinajstić information content (AvgIpc) is 2.54. The molecule has 1 aromatic rings. The predicted octanol–water partition coefficient (Wildman–Crippen LogP) is 1.07. The van der Waals surface area contributed by atoms with Crippen molar-refractivity contribution in [1.82, 2.24) is 9.88 Å². The van der Waals surface area contributed by atoms with E-state index in [0.29, 0.717) is 19.7 Å². The third-order valence-corrected chi connectivity index (χ3v) is 3.45. The van der Waals surface area contributed by atoms with Gasteiger partial charge in [-0.2, -0.15) is 0 Å². The quantitative estimate of drug-likeness (QED) is 0.760. The van der Waals surface area contributed by atoms with Crippen molar-refractivity contribution in [3.8, 4) is 0 Å². The first kappa shape index (κ1) is 15.3. The number of carbonyl (C=O) groups is 2. The summed E-state index contributed by atoms with van der Waals surface area (Å²) in [6, 6.07) is 5.82. The molecule has 0 aliphatic carbocycles. The number of pyridine rings is 1. The number of anilines is 1. The summed E-state index contributed by atoms with van der Waals surface area (Å²) in [5.41, 5.74) is 0. The van der Waals surface area contributed by atoms with Crippen molar-refractivity contribution in [3.63, 3.8) is 0 Å². The molecule has 0 radical (unpaired) electrons. The van der Waals surface area contributed by atoms with Gasteiger partial charge in [-0.1, -0.05) is 6.07 Å². The molecule has 0 aromatic carbocycles. The Morgan fingerprint density at radius 2 is 1.95 bits per heavy atom. The lowest BCUT2D eigenvalue weighted by molar-refractivity contribution is -0.145. The molecule has 0 saturated carbocycles. The van der Waals surface area contributed by atoms with Crippen LogP contribution in [0.2, 0.25) is 0 Å². The Balaban J connectivity index is 1.76. The molecule has 21 heavy (non-hydrogen) atoms. The third-order valence-electron chi connectivity index (χ3n) is 3.45. The lowest BCUT2D eigenvalue weighted by atomic mass is 10.2. The van der Waals surface area contributed by atoms with Crippen LogP contribution in [0.1, 0.15) is 19.8 Å². The van der Waals surface area contributed by atoms with Crippen molar-refractivity contribution in [1.29, 1.82) is 0 Å². The zero-order valence-electron chi connectivity index (χ0n) is 12.3. The number of rotatable bonds is 5. The largest absolute Gasteiger partial charge is 0.466 e. The Kier molecular flexibility index (Phi) is 5.54. The summed E-state index contributed by atoms with van der Waals surface area (Å²) in [4.78, 5) is 31.6. The molecule has 1 aliphatic heterocycles. The van der Waals surface area contributed by atoms with E-state index in [2.05, 4.69) is 9.88 Å². The molecule has 0 unspecified atom stereocenters. The minimum atomic E-state index is -0.307. The molecule has 114 valence electrons. The summed E-state index contributed by atoms with van der Waals surface area (Å²) in [7, 11) is 0. The van der Waals surface area contributed by atoms with Gasteiger partial charge in [0.2, 0.25) is 5.91 Å². The summed E-state index contributed by atoms with van der Waals surface area (Å²) in [5.74, 6) is 0.651. The first-order valence-corrected chi connectivity index (χ1v) is 7.30. The number of ether oxygens (including phenoxy) is 1.